The van der Waals surface area contributed by atoms with Crippen LogP contribution in [-0.2, 0) is 13.8 Å². The summed E-state index contributed by atoms with van der Waals surface area (Å²) >= 11 is 0. The molecule has 0 amide bonds. The minimum Gasteiger partial charge on any atom is -0.377 e. The fourth-order valence-electron chi connectivity index (χ4n) is 2.94. The molecule has 174 valence electrons. The van der Waals surface area contributed by atoms with Gasteiger partial charge >= 0.3 is 13.5 Å². The molecule has 0 saturated carbocycles. The summed E-state index contributed by atoms with van der Waals surface area (Å²) in [5, 5.41) is 0. The van der Waals surface area contributed by atoms with Crippen LogP contribution in [0.5, 0.6) is 11.8 Å². The molecule has 1 aliphatic rings. The highest BCUT2D eigenvalue weighted by molar-refractivity contribution is 7.49. The van der Waals surface area contributed by atoms with Crippen LogP contribution in [0.25, 0.3) is 0 Å². The number of nitrogens with zero attached hydrogens (tertiary/aromatic N) is 3. The standard InChI is InChI=1S/C22H19N4O7P/c1-3-22(11-10-19(31-22)26-14-16(2)20(27)25-21(26)28)15-30-34(29,32-17-8-4-6-12-23-17)33-18-9-5-7-13-24-18/h1,4-14,19H,15H2,2H3,(H,25,27,28)/t19-,22+/m1/s1. The van der Waals surface area contributed by atoms with Gasteiger partial charge in [-0.3, -0.25) is 18.9 Å². The molecule has 1 aliphatic heterocycles. The summed E-state index contributed by atoms with van der Waals surface area (Å²) in [6.07, 6.45) is 12.0. The first kappa shape index (κ1) is 23.2. The molecule has 0 spiro atoms. The Labute approximate surface area is 193 Å². The molecule has 3 aromatic heterocycles. The zero-order valence-electron chi connectivity index (χ0n) is 17.9. The molecule has 11 nitrogen and oxygen atoms in total. The molecule has 3 aromatic rings. The van der Waals surface area contributed by atoms with Crippen LogP contribution in [0.1, 0.15) is 11.8 Å². The minimum atomic E-state index is -4.34. The fourth-order valence-corrected chi connectivity index (χ4v) is 4.11. The van der Waals surface area contributed by atoms with Gasteiger partial charge in [-0.05, 0) is 31.2 Å². The van der Waals surface area contributed by atoms with Gasteiger partial charge in [0, 0.05) is 36.3 Å². The van der Waals surface area contributed by atoms with Crippen molar-refractivity contribution in [3.05, 3.63) is 93.5 Å². The lowest BCUT2D eigenvalue weighted by Crippen LogP contribution is -2.37. The molecule has 4 rings (SSSR count). The number of nitrogens with one attached hydrogen (secondary N) is 1. The van der Waals surface area contributed by atoms with Crippen molar-refractivity contribution in [2.45, 2.75) is 18.8 Å². The minimum absolute atomic E-state index is 0.00690. The summed E-state index contributed by atoms with van der Waals surface area (Å²) in [5.74, 6) is 2.42. The number of aromatic nitrogens is 4. The molecule has 0 fully saturated rings. The van der Waals surface area contributed by atoms with Crippen molar-refractivity contribution >= 4 is 7.82 Å². The Morgan fingerprint density at radius 2 is 1.82 bits per heavy atom. The molecule has 34 heavy (non-hydrogen) atoms. The second-order valence-corrected chi connectivity index (χ2v) is 8.64. The average molecular weight is 482 g/mol. The maximum atomic E-state index is 13.5. The van der Waals surface area contributed by atoms with E-state index < -0.39 is 37.5 Å². The third-order valence-corrected chi connectivity index (χ3v) is 5.92. The van der Waals surface area contributed by atoms with E-state index in [0.29, 0.717) is 5.56 Å². The van der Waals surface area contributed by atoms with Crippen molar-refractivity contribution in [2.24, 2.45) is 0 Å². The van der Waals surface area contributed by atoms with Crippen LogP contribution in [0.4, 0.5) is 0 Å². The van der Waals surface area contributed by atoms with Crippen LogP contribution in [0.3, 0.4) is 0 Å². The summed E-state index contributed by atoms with van der Waals surface area (Å²) in [5.41, 5.74) is -2.39. The smallest absolute Gasteiger partial charge is 0.377 e. The number of rotatable bonds is 8. The molecule has 1 N–H and O–H groups in total. The highest BCUT2D eigenvalue weighted by Crippen LogP contribution is 2.50. The third kappa shape index (κ3) is 5.15. The number of aromatic amines is 1. The zero-order chi connectivity index (χ0) is 24.2. The van der Waals surface area contributed by atoms with E-state index in [1.54, 1.807) is 31.2 Å². The number of ether oxygens (including phenoxy) is 1. The first-order chi connectivity index (χ1) is 16.3. The zero-order valence-corrected chi connectivity index (χ0v) is 18.8. The first-order valence-electron chi connectivity index (χ1n) is 9.94. The molecule has 0 aromatic carbocycles. The summed E-state index contributed by atoms with van der Waals surface area (Å²) < 4.78 is 36.9. The van der Waals surface area contributed by atoms with E-state index in [2.05, 4.69) is 20.9 Å². The van der Waals surface area contributed by atoms with Crippen LogP contribution >= 0.6 is 7.82 Å². The molecule has 0 unspecified atom stereocenters. The molecule has 12 heteroatoms. The summed E-state index contributed by atoms with van der Waals surface area (Å²) in [6.45, 7) is 1.09. The molecule has 0 bridgehead atoms. The SMILES string of the molecule is C#C[C@@]1(COP(=O)(Oc2ccccn2)Oc2ccccn2)C=C[C@H](n2cc(C)c(=O)[nH]c2=O)O1. The summed E-state index contributed by atoms with van der Waals surface area (Å²) in [7, 11) is -4.34. The topological polar surface area (TPSA) is 135 Å². The number of pyridine rings is 2. The summed E-state index contributed by atoms with van der Waals surface area (Å²) in [4.78, 5) is 34.0. The van der Waals surface area contributed by atoms with E-state index in [1.807, 2.05) is 0 Å². The maximum absolute atomic E-state index is 13.5. The van der Waals surface area contributed by atoms with E-state index in [-0.39, 0.29) is 11.8 Å². The molecule has 4 heterocycles. The highest BCUT2D eigenvalue weighted by atomic mass is 31.2. The molecule has 0 saturated heterocycles. The maximum Gasteiger partial charge on any atom is 0.590 e. The van der Waals surface area contributed by atoms with Gasteiger partial charge in [0.05, 0.1) is 0 Å². The lowest BCUT2D eigenvalue weighted by atomic mass is 10.1. The van der Waals surface area contributed by atoms with Crippen LogP contribution in [0.2, 0.25) is 0 Å². The van der Waals surface area contributed by atoms with Gasteiger partial charge < -0.3 is 13.8 Å². The van der Waals surface area contributed by atoms with Gasteiger partial charge in [-0.2, -0.15) is 0 Å². The van der Waals surface area contributed by atoms with Gasteiger partial charge in [0.15, 0.2) is 11.8 Å². The Balaban J connectivity index is 1.55. The number of aryl methyl sites for hydroxylation is 1. The van der Waals surface area contributed by atoms with Crippen molar-refractivity contribution in [1.29, 1.82) is 0 Å². The molecule has 0 aliphatic carbocycles. The largest absolute Gasteiger partial charge is 0.590 e. The van der Waals surface area contributed by atoms with E-state index in [4.69, 9.17) is 24.7 Å². The monoisotopic (exact) mass is 482 g/mol. The van der Waals surface area contributed by atoms with E-state index >= 15 is 0 Å². The summed E-state index contributed by atoms with van der Waals surface area (Å²) in [6, 6.07) is 9.53. The van der Waals surface area contributed by atoms with Crippen molar-refractivity contribution in [1.82, 2.24) is 19.5 Å². The van der Waals surface area contributed by atoms with Crippen LogP contribution in [0.15, 0.2) is 76.7 Å². The van der Waals surface area contributed by atoms with Crippen molar-refractivity contribution in [3.63, 3.8) is 0 Å². The quantitative estimate of drug-likeness (QED) is 0.292. The van der Waals surface area contributed by atoms with Crippen LogP contribution < -0.4 is 20.3 Å². The number of hydrogen-bond donors (Lipinski definition) is 1. The van der Waals surface area contributed by atoms with E-state index in [0.717, 1.165) is 0 Å². The average Bonchev–Trinajstić information content (AvgIpc) is 3.26. The Bertz CT molecular complexity index is 1350. The van der Waals surface area contributed by atoms with Crippen LogP contribution in [0, 0.1) is 19.3 Å². The number of phosphoric ester groups is 1. The Morgan fingerprint density at radius 1 is 1.18 bits per heavy atom. The van der Waals surface area contributed by atoms with Gasteiger partial charge in [-0.1, -0.05) is 18.1 Å². The first-order valence-corrected chi connectivity index (χ1v) is 11.4. The van der Waals surface area contributed by atoms with Gasteiger partial charge in [-0.25, -0.2) is 19.3 Å². The van der Waals surface area contributed by atoms with Gasteiger partial charge in [0.2, 0.25) is 11.8 Å². The Hall–Kier alpha value is -3.97. The van der Waals surface area contributed by atoms with Crippen molar-refractivity contribution in [3.8, 4) is 24.1 Å². The predicted molar refractivity (Wildman–Crippen MR) is 120 cm³/mol. The fraction of sp³-hybridized carbons (Fsp3) is 0.182. The van der Waals surface area contributed by atoms with E-state index in [9.17, 15) is 14.2 Å². The number of phosphoric acid groups is 1. The van der Waals surface area contributed by atoms with Crippen molar-refractivity contribution in [2.75, 3.05) is 6.61 Å². The van der Waals surface area contributed by atoms with Gasteiger partial charge in [0.1, 0.15) is 6.61 Å². The lowest BCUT2D eigenvalue weighted by molar-refractivity contribution is -0.0487. The normalized spacial score (nSPS) is 19.5. The Kier molecular flexibility index (Phi) is 6.47. The molecular formula is C22H19N4O7P. The second-order valence-electron chi connectivity index (χ2n) is 7.12. The molecule has 0 radical (unpaired) electrons. The highest BCUT2D eigenvalue weighted by Gasteiger charge is 2.41. The molecular weight excluding hydrogens is 463 g/mol. The lowest BCUT2D eigenvalue weighted by Gasteiger charge is -2.26. The molecule has 2 atom stereocenters. The predicted octanol–water partition coefficient (Wildman–Crippen LogP) is 2.37. The van der Waals surface area contributed by atoms with Gasteiger partial charge in [0.25, 0.3) is 5.56 Å². The van der Waals surface area contributed by atoms with Crippen LogP contribution in [-0.4, -0.2) is 31.7 Å². The second kappa shape index (κ2) is 9.49. The van der Waals surface area contributed by atoms with Gasteiger partial charge in [-0.15, -0.1) is 6.42 Å². The number of terminal acetylenes is 1. The van der Waals surface area contributed by atoms with E-state index in [1.165, 1.54) is 47.4 Å². The number of H-pyrrole nitrogens is 1. The number of hydrogen-bond acceptors (Lipinski definition) is 9. The third-order valence-electron chi connectivity index (χ3n) is 4.65. The van der Waals surface area contributed by atoms with Crippen molar-refractivity contribution < 1.29 is 22.9 Å². The Morgan fingerprint density at radius 3 is 2.38 bits per heavy atom.